The van der Waals surface area contributed by atoms with E-state index in [9.17, 15) is 20.0 Å². The number of hydrogen-bond acceptors (Lipinski definition) is 6. The summed E-state index contributed by atoms with van der Waals surface area (Å²) in [6, 6.07) is 7.38. The van der Waals surface area contributed by atoms with E-state index < -0.39 is 10.9 Å². The van der Waals surface area contributed by atoms with Crippen LogP contribution < -0.4 is 5.11 Å². The number of hydrogen-bond donors (Lipinski definition) is 0. The van der Waals surface area contributed by atoms with Crippen LogP contribution in [0.2, 0.25) is 0 Å². The smallest absolute Gasteiger partial charge is 0.283 e. The van der Waals surface area contributed by atoms with Crippen molar-refractivity contribution in [2.45, 2.75) is 10.6 Å². The fraction of sp³-hybridized carbons (Fsp3) is 0.0769. The molecule has 1 heterocycles. The summed E-state index contributed by atoms with van der Waals surface area (Å²) in [5.41, 5.74) is 0.485. The molecule has 0 aliphatic heterocycles. The first-order valence-corrected chi connectivity index (χ1v) is 6.58. The average molecular weight is 289 g/mol. The van der Waals surface area contributed by atoms with Crippen molar-refractivity contribution in [3.8, 4) is 0 Å². The highest BCUT2D eigenvalue weighted by Gasteiger charge is 2.15. The molecule has 0 unspecified atom stereocenters. The molecule has 0 N–H and O–H groups in total. The minimum absolute atomic E-state index is 0.206. The third kappa shape index (κ3) is 3.33. The number of carboxylic acid groups (broad SMARTS) is 1. The Morgan fingerprint density at radius 1 is 1.35 bits per heavy atom. The maximum atomic E-state index is 11.0. The van der Waals surface area contributed by atoms with Gasteiger partial charge in [-0.15, -0.1) is 11.8 Å². The third-order valence-corrected chi connectivity index (χ3v) is 3.64. The van der Waals surface area contributed by atoms with Crippen LogP contribution in [0.4, 0.5) is 5.69 Å². The van der Waals surface area contributed by atoms with Crippen molar-refractivity contribution in [3.05, 3.63) is 64.0 Å². The Kier molecular flexibility index (Phi) is 4.31. The molecule has 1 aromatic heterocycles. The van der Waals surface area contributed by atoms with Crippen LogP contribution in [0.25, 0.3) is 0 Å². The van der Waals surface area contributed by atoms with Gasteiger partial charge in [-0.05, 0) is 17.7 Å². The van der Waals surface area contributed by atoms with Gasteiger partial charge in [0.2, 0.25) is 0 Å². The Balaban J connectivity index is 2.23. The SMILES string of the molecule is O=C([O-])c1ccc(SCc2cccnc2)c([N+](=O)[O-])c1. The van der Waals surface area contributed by atoms with Gasteiger partial charge in [0, 0.05) is 29.8 Å². The molecule has 0 spiro atoms. The van der Waals surface area contributed by atoms with E-state index in [0.717, 1.165) is 11.6 Å². The van der Waals surface area contributed by atoms with E-state index in [2.05, 4.69) is 4.98 Å². The predicted molar refractivity (Wildman–Crippen MR) is 71.2 cm³/mol. The second-order valence-corrected chi connectivity index (χ2v) is 4.89. The van der Waals surface area contributed by atoms with Gasteiger partial charge >= 0.3 is 0 Å². The molecule has 102 valence electrons. The molecular weight excluding hydrogens is 280 g/mol. The minimum Gasteiger partial charge on any atom is -0.545 e. The molecule has 0 aliphatic carbocycles. The lowest BCUT2D eigenvalue weighted by Gasteiger charge is -2.06. The van der Waals surface area contributed by atoms with Crippen molar-refractivity contribution in [2.24, 2.45) is 0 Å². The Morgan fingerprint density at radius 3 is 2.75 bits per heavy atom. The number of aromatic carboxylic acids is 1. The van der Waals surface area contributed by atoms with Crippen molar-refractivity contribution in [1.82, 2.24) is 4.98 Å². The first-order valence-electron chi connectivity index (χ1n) is 5.59. The summed E-state index contributed by atoms with van der Waals surface area (Å²) < 4.78 is 0. The van der Waals surface area contributed by atoms with Crippen LogP contribution >= 0.6 is 11.8 Å². The van der Waals surface area contributed by atoms with Gasteiger partial charge in [0.1, 0.15) is 0 Å². The van der Waals surface area contributed by atoms with E-state index >= 15 is 0 Å². The van der Waals surface area contributed by atoms with Crippen LogP contribution in [-0.4, -0.2) is 15.9 Å². The lowest BCUT2D eigenvalue weighted by atomic mass is 10.2. The second kappa shape index (κ2) is 6.16. The molecule has 2 rings (SSSR count). The summed E-state index contributed by atoms with van der Waals surface area (Å²) in [5, 5.41) is 21.7. The van der Waals surface area contributed by atoms with Crippen molar-refractivity contribution in [2.75, 3.05) is 0 Å². The van der Waals surface area contributed by atoms with Crippen LogP contribution in [0.15, 0.2) is 47.6 Å². The molecule has 0 radical (unpaired) electrons. The van der Waals surface area contributed by atoms with Gasteiger partial charge in [0.05, 0.1) is 15.8 Å². The molecule has 0 bridgehead atoms. The summed E-state index contributed by atoms with van der Waals surface area (Å²) >= 11 is 1.25. The van der Waals surface area contributed by atoms with Crippen molar-refractivity contribution in [1.29, 1.82) is 0 Å². The highest BCUT2D eigenvalue weighted by atomic mass is 32.2. The van der Waals surface area contributed by atoms with Gasteiger partial charge in [0.15, 0.2) is 0 Å². The van der Waals surface area contributed by atoms with Gasteiger partial charge in [0.25, 0.3) is 5.69 Å². The lowest BCUT2D eigenvalue weighted by Crippen LogP contribution is -2.22. The van der Waals surface area contributed by atoms with E-state index in [1.807, 2.05) is 6.07 Å². The fourth-order valence-corrected chi connectivity index (χ4v) is 2.49. The highest BCUT2D eigenvalue weighted by Crippen LogP contribution is 2.32. The van der Waals surface area contributed by atoms with Crippen LogP contribution in [-0.2, 0) is 5.75 Å². The summed E-state index contributed by atoms with van der Waals surface area (Å²) in [5.74, 6) is -0.920. The van der Waals surface area contributed by atoms with Crippen LogP contribution in [0.3, 0.4) is 0 Å². The monoisotopic (exact) mass is 289 g/mol. The van der Waals surface area contributed by atoms with E-state index in [-0.39, 0.29) is 11.3 Å². The largest absolute Gasteiger partial charge is 0.545 e. The zero-order chi connectivity index (χ0) is 14.5. The third-order valence-electron chi connectivity index (χ3n) is 2.51. The number of pyridine rings is 1. The number of carbonyl (C=O) groups excluding carboxylic acids is 1. The Morgan fingerprint density at radius 2 is 2.15 bits per heavy atom. The molecule has 1 aromatic carbocycles. The van der Waals surface area contributed by atoms with E-state index in [1.54, 1.807) is 18.5 Å². The molecule has 0 saturated heterocycles. The Bertz CT molecular complexity index is 646. The number of nitro groups is 1. The molecule has 0 aliphatic rings. The Hall–Kier alpha value is -2.41. The number of carbonyl (C=O) groups is 1. The second-order valence-electron chi connectivity index (χ2n) is 3.88. The number of benzene rings is 1. The molecule has 2 aromatic rings. The van der Waals surface area contributed by atoms with Gasteiger partial charge < -0.3 is 9.90 Å². The first-order chi connectivity index (χ1) is 9.58. The zero-order valence-electron chi connectivity index (χ0n) is 10.2. The summed E-state index contributed by atoms with van der Waals surface area (Å²) in [4.78, 5) is 25.5. The molecule has 0 amide bonds. The maximum Gasteiger partial charge on any atom is 0.283 e. The molecule has 0 saturated carbocycles. The summed E-state index contributed by atoms with van der Waals surface area (Å²) in [6.07, 6.45) is 3.32. The number of carboxylic acids is 1. The van der Waals surface area contributed by atoms with Gasteiger partial charge in [-0.1, -0.05) is 12.1 Å². The van der Waals surface area contributed by atoms with Crippen molar-refractivity contribution < 1.29 is 14.8 Å². The molecule has 7 heteroatoms. The number of nitrogens with zero attached hydrogens (tertiary/aromatic N) is 2. The average Bonchev–Trinajstić information content (AvgIpc) is 2.45. The lowest BCUT2D eigenvalue weighted by molar-refractivity contribution is -0.387. The van der Waals surface area contributed by atoms with Crippen LogP contribution in [0.5, 0.6) is 0 Å². The molecular formula is C13H9N2O4S-. The van der Waals surface area contributed by atoms with Crippen LogP contribution in [0, 0.1) is 10.1 Å². The summed E-state index contributed by atoms with van der Waals surface area (Å²) in [7, 11) is 0. The van der Waals surface area contributed by atoms with Gasteiger partial charge in [-0.2, -0.15) is 0 Å². The number of rotatable bonds is 5. The molecule has 6 nitrogen and oxygen atoms in total. The first kappa shape index (κ1) is 14.0. The zero-order valence-corrected chi connectivity index (χ0v) is 11.0. The topological polar surface area (TPSA) is 96.2 Å². The number of aromatic nitrogens is 1. The minimum atomic E-state index is -1.43. The standard InChI is InChI=1S/C13H10N2O4S/c16-13(17)10-3-4-12(11(6-10)15(18)19)20-8-9-2-1-5-14-7-9/h1-7H,8H2,(H,16,17)/p-1. The normalized spacial score (nSPS) is 10.2. The fourth-order valence-electron chi connectivity index (χ4n) is 1.55. The Labute approximate surface area is 118 Å². The van der Waals surface area contributed by atoms with Crippen LogP contribution in [0.1, 0.15) is 15.9 Å². The maximum absolute atomic E-state index is 11.0. The van der Waals surface area contributed by atoms with E-state index in [4.69, 9.17) is 0 Å². The number of nitro benzene ring substituents is 1. The van der Waals surface area contributed by atoms with Gasteiger partial charge in [-0.3, -0.25) is 15.1 Å². The highest BCUT2D eigenvalue weighted by molar-refractivity contribution is 7.98. The predicted octanol–water partition coefficient (Wildman–Crippen LogP) is 1.65. The molecule has 0 atom stereocenters. The van der Waals surface area contributed by atoms with E-state index in [0.29, 0.717) is 10.6 Å². The molecule has 0 fully saturated rings. The quantitative estimate of drug-likeness (QED) is 0.471. The van der Waals surface area contributed by atoms with Gasteiger partial charge in [-0.25, -0.2) is 0 Å². The number of thioether (sulfide) groups is 1. The summed E-state index contributed by atoms with van der Waals surface area (Å²) in [6.45, 7) is 0. The van der Waals surface area contributed by atoms with Crippen molar-refractivity contribution in [3.63, 3.8) is 0 Å². The molecule has 20 heavy (non-hydrogen) atoms. The van der Waals surface area contributed by atoms with E-state index in [1.165, 1.54) is 23.9 Å². The van der Waals surface area contributed by atoms with Crippen molar-refractivity contribution >= 4 is 23.4 Å².